The summed E-state index contributed by atoms with van der Waals surface area (Å²) in [5, 5.41) is 15.8. The van der Waals surface area contributed by atoms with Crippen molar-refractivity contribution < 1.29 is 0 Å². The van der Waals surface area contributed by atoms with Crippen molar-refractivity contribution >= 4 is 97.7 Å². The predicted octanol–water partition coefficient (Wildman–Crippen LogP) is 10.3. The monoisotopic (exact) mass is 504 g/mol. The van der Waals surface area contributed by atoms with E-state index in [2.05, 4.69) is 130 Å². The van der Waals surface area contributed by atoms with Crippen LogP contribution in [0, 0.1) is 0 Å². The molecule has 11 rings (SSSR count). The normalized spacial score (nSPS) is 13.0. The Morgan fingerprint density at radius 1 is 0.300 bits per heavy atom. The summed E-state index contributed by atoms with van der Waals surface area (Å²) < 4.78 is 5.04. The molecule has 4 heterocycles. The first-order valence-corrected chi connectivity index (χ1v) is 14.0. The minimum atomic E-state index is 1.28. The molecule has 0 amide bonds. The van der Waals surface area contributed by atoms with E-state index in [1.54, 1.807) is 0 Å². The Bertz CT molecular complexity index is 2860. The first-order chi connectivity index (χ1) is 19.8. The molecule has 0 aliphatic rings. The van der Waals surface area contributed by atoms with Gasteiger partial charge in [0.2, 0.25) is 0 Å². The Labute approximate surface area is 227 Å². The van der Waals surface area contributed by atoms with Gasteiger partial charge >= 0.3 is 0 Å². The molecule has 0 atom stereocenters. The molecule has 4 aromatic heterocycles. The van der Waals surface area contributed by atoms with Crippen molar-refractivity contribution in [1.82, 2.24) is 8.80 Å². The lowest BCUT2D eigenvalue weighted by molar-refractivity contribution is 1.35. The Hall–Kier alpha value is -5.34. The van der Waals surface area contributed by atoms with E-state index in [9.17, 15) is 0 Å². The summed E-state index contributed by atoms with van der Waals surface area (Å²) >= 11 is 0. The van der Waals surface area contributed by atoms with Gasteiger partial charge in [0.15, 0.2) is 0 Å². The van der Waals surface area contributed by atoms with E-state index < -0.39 is 0 Å². The molecule has 0 radical (unpaired) electrons. The van der Waals surface area contributed by atoms with Crippen LogP contribution in [-0.2, 0) is 0 Å². The fraction of sp³-hybridized carbons (Fsp3) is 0. The van der Waals surface area contributed by atoms with Crippen LogP contribution in [0.3, 0.4) is 0 Å². The third-order valence-corrected chi connectivity index (χ3v) is 9.49. The zero-order chi connectivity index (χ0) is 25.7. The van der Waals surface area contributed by atoms with Crippen LogP contribution in [-0.4, -0.2) is 8.80 Å². The Morgan fingerprint density at radius 2 is 0.875 bits per heavy atom. The van der Waals surface area contributed by atoms with Crippen molar-refractivity contribution in [2.75, 3.05) is 0 Å². The van der Waals surface area contributed by atoms with Gasteiger partial charge in [-0.2, -0.15) is 0 Å². The van der Waals surface area contributed by atoms with Crippen LogP contribution in [0.25, 0.3) is 97.7 Å². The molecule has 0 aliphatic heterocycles. The maximum atomic E-state index is 2.54. The van der Waals surface area contributed by atoms with E-state index >= 15 is 0 Å². The lowest BCUT2D eigenvalue weighted by Gasteiger charge is -2.04. The highest BCUT2D eigenvalue weighted by molar-refractivity contribution is 6.34. The highest BCUT2D eigenvalue weighted by Crippen LogP contribution is 2.47. The first-order valence-electron chi connectivity index (χ1n) is 14.0. The molecule has 0 fully saturated rings. The number of rotatable bonds is 0. The fourth-order valence-electron chi connectivity index (χ4n) is 7.90. The van der Waals surface area contributed by atoms with Crippen molar-refractivity contribution in [3.05, 3.63) is 121 Å². The summed E-state index contributed by atoms with van der Waals surface area (Å²) in [5.74, 6) is 0. The maximum Gasteiger partial charge on any atom is 0.0627 e. The highest BCUT2D eigenvalue weighted by Gasteiger charge is 2.23. The number of hydrogen-bond donors (Lipinski definition) is 0. The van der Waals surface area contributed by atoms with Crippen LogP contribution < -0.4 is 0 Å². The number of nitrogens with zero attached hydrogens (tertiary/aromatic N) is 2. The molecule has 2 nitrogen and oxygen atoms in total. The molecular weight excluding hydrogens is 484 g/mol. The van der Waals surface area contributed by atoms with Gasteiger partial charge in [-0.05, 0) is 57.9 Å². The van der Waals surface area contributed by atoms with Gasteiger partial charge < -0.3 is 8.80 Å². The van der Waals surface area contributed by atoms with Gasteiger partial charge in [-0.3, -0.25) is 0 Å². The minimum absolute atomic E-state index is 1.28. The number of hydrogen-bond acceptors (Lipinski definition) is 0. The van der Waals surface area contributed by atoms with Crippen molar-refractivity contribution in [2.24, 2.45) is 0 Å². The largest absolute Gasteiger partial charge is 0.308 e. The molecule has 182 valence electrons. The van der Waals surface area contributed by atoms with E-state index in [4.69, 9.17) is 0 Å². The van der Waals surface area contributed by atoms with Crippen LogP contribution in [0.5, 0.6) is 0 Å². The molecule has 0 bridgehead atoms. The second kappa shape index (κ2) is 6.44. The Balaban J connectivity index is 1.48. The molecule has 0 spiro atoms. The van der Waals surface area contributed by atoms with Crippen LogP contribution in [0.15, 0.2) is 121 Å². The topological polar surface area (TPSA) is 8.82 Å². The minimum Gasteiger partial charge on any atom is -0.308 e. The van der Waals surface area contributed by atoms with Crippen LogP contribution in [0.1, 0.15) is 0 Å². The number of benzene rings is 7. The lowest BCUT2D eigenvalue weighted by Crippen LogP contribution is -1.84. The van der Waals surface area contributed by atoms with Gasteiger partial charge in [0.25, 0.3) is 0 Å². The van der Waals surface area contributed by atoms with E-state index in [1.807, 2.05) is 0 Å². The van der Waals surface area contributed by atoms with E-state index in [1.165, 1.54) is 97.7 Å². The van der Waals surface area contributed by atoms with Gasteiger partial charge in [-0.1, -0.05) is 84.9 Å². The number of aromatic nitrogens is 2. The summed E-state index contributed by atoms with van der Waals surface area (Å²) in [5.41, 5.74) is 7.77. The molecule has 0 N–H and O–H groups in total. The molecule has 11 aromatic rings. The summed E-state index contributed by atoms with van der Waals surface area (Å²) in [7, 11) is 0. The second-order valence-electron chi connectivity index (χ2n) is 11.4. The van der Waals surface area contributed by atoms with Crippen molar-refractivity contribution in [1.29, 1.82) is 0 Å². The van der Waals surface area contributed by atoms with Crippen molar-refractivity contribution in [2.45, 2.75) is 0 Å². The highest BCUT2D eigenvalue weighted by atomic mass is 14.9. The third-order valence-electron chi connectivity index (χ3n) is 9.49. The van der Waals surface area contributed by atoms with Gasteiger partial charge in [0.05, 0.1) is 33.1 Å². The third kappa shape index (κ3) is 2.07. The van der Waals surface area contributed by atoms with Crippen LogP contribution >= 0.6 is 0 Å². The van der Waals surface area contributed by atoms with E-state index in [0.717, 1.165) is 0 Å². The Morgan fingerprint density at radius 3 is 1.75 bits per heavy atom. The number of para-hydroxylation sites is 2. The van der Waals surface area contributed by atoms with Crippen LogP contribution in [0.4, 0.5) is 0 Å². The molecule has 40 heavy (non-hydrogen) atoms. The van der Waals surface area contributed by atoms with Crippen molar-refractivity contribution in [3.8, 4) is 0 Å². The average molecular weight is 505 g/mol. The zero-order valence-corrected chi connectivity index (χ0v) is 21.4. The van der Waals surface area contributed by atoms with E-state index in [-0.39, 0.29) is 0 Å². The molecule has 7 aromatic carbocycles. The zero-order valence-electron chi connectivity index (χ0n) is 21.4. The fourth-order valence-corrected chi connectivity index (χ4v) is 7.90. The summed E-state index contributed by atoms with van der Waals surface area (Å²) in [6, 6.07) is 45.4. The molecule has 0 saturated heterocycles. The molecule has 0 saturated carbocycles. The van der Waals surface area contributed by atoms with Gasteiger partial charge in [0, 0.05) is 43.1 Å². The van der Waals surface area contributed by atoms with Crippen LogP contribution in [0.2, 0.25) is 0 Å². The average Bonchev–Trinajstić information content (AvgIpc) is 3.71. The standard InChI is InChI=1S/C38H20N2/c1-2-9-22-18-33-28(16-21(22)8-1)30-17-23-10-3-4-11-24(23)36-31-19-29-27-14-7-13-26-25-12-5-6-15-32(25)39(37(26)27)34(29)20-35(31)40(33)38(30)36/h1-20H. The first kappa shape index (κ1) is 19.7. The van der Waals surface area contributed by atoms with Gasteiger partial charge in [0.1, 0.15) is 0 Å². The summed E-state index contributed by atoms with van der Waals surface area (Å²) in [4.78, 5) is 0. The maximum absolute atomic E-state index is 2.54. The second-order valence-corrected chi connectivity index (χ2v) is 11.4. The van der Waals surface area contributed by atoms with Gasteiger partial charge in [-0.25, -0.2) is 0 Å². The molecular formula is C38H20N2. The van der Waals surface area contributed by atoms with Gasteiger partial charge in [-0.15, -0.1) is 0 Å². The SMILES string of the molecule is c1ccc2cc3c(cc2c1)c1cc2ccccc2c2c4cc5c6cccc7c8ccccc8n(c5cc4n3c12)c76. The molecule has 2 heteroatoms. The predicted molar refractivity (Wildman–Crippen MR) is 171 cm³/mol. The molecule has 0 unspecified atom stereocenters. The number of fused-ring (bicyclic) bond motifs is 15. The smallest absolute Gasteiger partial charge is 0.0627 e. The summed E-state index contributed by atoms with van der Waals surface area (Å²) in [6.07, 6.45) is 0. The lowest BCUT2D eigenvalue weighted by atomic mass is 9.98. The van der Waals surface area contributed by atoms with Crippen molar-refractivity contribution in [3.63, 3.8) is 0 Å². The quantitative estimate of drug-likeness (QED) is 0.194. The molecule has 0 aliphatic carbocycles. The van der Waals surface area contributed by atoms with E-state index in [0.29, 0.717) is 0 Å². The Kier molecular flexibility index (Phi) is 3.17. The summed E-state index contributed by atoms with van der Waals surface area (Å²) in [6.45, 7) is 0.